The van der Waals surface area contributed by atoms with E-state index in [4.69, 9.17) is 6.57 Å². The fraction of sp³-hybridized carbons (Fsp3) is 0.400. The highest BCUT2D eigenvalue weighted by Crippen LogP contribution is 2.33. The van der Waals surface area contributed by atoms with Crippen LogP contribution >= 0.6 is 0 Å². The summed E-state index contributed by atoms with van der Waals surface area (Å²) in [6, 6.07) is 8.09. The average molecular weight is 461 g/mol. The van der Waals surface area contributed by atoms with E-state index < -0.39 is 23.6 Å². The lowest BCUT2D eigenvalue weighted by molar-refractivity contribution is -0.125. The number of benzene rings is 1. The molecule has 2 saturated heterocycles. The number of hydrogen-bond donors (Lipinski definition) is 3. The molecule has 4 rings (SSSR count). The molecule has 0 aliphatic carbocycles. The summed E-state index contributed by atoms with van der Waals surface area (Å²) in [5.41, 5.74) is 1.93. The highest BCUT2D eigenvalue weighted by molar-refractivity contribution is 6.07. The topological polar surface area (TPSA) is 108 Å². The lowest BCUT2D eigenvalue weighted by Gasteiger charge is -2.30. The van der Waals surface area contributed by atoms with E-state index in [-0.39, 0.29) is 17.9 Å². The third kappa shape index (κ3) is 3.96. The Hall–Kier alpha value is -3.93. The molecule has 0 radical (unpaired) electrons. The first kappa shape index (κ1) is 23.2. The largest absolute Gasteiger partial charge is 0.365 e. The Labute approximate surface area is 198 Å². The van der Waals surface area contributed by atoms with E-state index in [0.717, 1.165) is 16.9 Å². The third-order valence-electron chi connectivity index (χ3n) is 6.59. The molecule has 0 unspecified atom stereocenters. The van der Waals surface area contributed by atoms with Gasteiger partial charge in [0.1, 0.15) is 11.4 Å². The van der Waals surface area contributed by atoms with E-state index in [0.29, 0.717) is 24.1 Å². The van der Waals surface area contributed by atoms with E-state index >= 15 is 0 Å². The standard InChI is InChI=1S/C25H28N6O3/c1-14(2)25(23(33)29-24(34)30-25)18-8-6-17(7-9-18)22(32)31-13-19(11-20(31)26-5)28-21-16(4)10-15(3)12-27-21/h6-10,12,14,19-20H,11,13H2,1-4H3,(H,27,28)(H2,29,30,33,34)/t19-,20-,25+/m0/s1. The van der Waals surface area contributed by atoms with Crippen molar-refractivity contribution in [2.45, 2.75) is 51.9 Å². The van der Waals surface area contributed by atoms with Crippen LogP contribution in [0.5, 0.6) is 0 Å². The minimum Gasteiger partial charge on any atom is -0.365 e. The second kappa shape index (κ2) is 8.78. The maximum absolute atomic E-state index is 13.3. The van der Waals surface area contributed by atoms with Crippen LogP contribution in [0.1, 0.15) is 47.3 Å². The molecule has 3 atom stereocenters. The highest BCUT2D eigenvalue weighted by atomic mass is 16.2. The maximum atomic E-state index is 13.3. The molecule has 2 aromatic rings. The van der Waals surface area contributed by atoms with Gasteiger partial charge in [-0.05, 0) is 48.6 Å². The zero-order chi connectivity index (χ0) is 24.6. The van der Waals surface area contributed by atoms with Crippen LogP contribution in [-0.2, 0) is 10.3 Å². The number of pyridine rings is 1. The van der Waals surface area contributed by atoms with Gasteiger partial charge < -0.3 is 10.6 Å². The number of urea groups is 1. The second-order valence-corrected chi connectivity index (χ2v) is 9.27. The molecule has 0 spiro atoms. The number of imide groups is 1. The van der Waals surface area contributed by atoms with Crippen LogP contribution in [0.15, 0.2) is 36.5 Å². The van der Waals surface area contributed by atoms with E-state index in [1.807, 2.05) is 33.8 Å². The Bertz CT molecular complexity index is 1190. The Kier molecular flexibility index (Phi) is 6.00. The van der Waals surface area contributed by atoms with Gasteiger partial charge in [0.2, 0.25) is 0 Å². The van der Waals surface area contributed by atoms with Crippen molar-refractivity contribution < 1.29 is 14.4 Å². The van der Waals surface area contributed by atoms with Crippen LogP contribution in [0.3, 0.4) is 0 Å². The molecule has 34 heavy (non-hydrogen) atoms. The number of carbonyl (C=O) groups excluding carboxylic acids is 3. The molecule has 1 aromatic heterocycles. The number of hydrogen-bond acceptors (Lipinski definition) is 5. The second-order valence-electron chi connectivity index (χ2n) is 9.27. The summed E-state index contributed by atoms with van der Waals surface area (Å²) in [7, 11) is 0. The number of aryl methyl sites for hydroxylation is 2. The maximum Gasteiger partial charge on any atom is 0.322 e. The molecule has 1 aromatic carbocycles. The smallest absolute Gasteiger partial charge is 0.322 e. The molecule has 3 heterocycles. The number of nitrogens with zero attached hydrogens (tertiary/aromatic N) is 3. The van der Waals surface area contributed by atoms with Gasteiger partial charge in [0, 0.05) is 18.3 Å². The van der Waals surface area contributed by atoms with E-state index in [9.17, 15) is 14.4 Å². The number of anilines is 1. The zero-order valence-corrected chi connectivity index (χ0v) is 19.7. The predicted molar refractivity (Wildman–Crippen MR) is 127 cm³/mol. The lowest BCUT2D eigenvalue weighted by atomic mass is 9.79. The van der Waals surface area contributed by atoms with Gasteiger partial charge in [-0.2, -0.15) is 0 Å². The number of rotatable bonds is 5. The number of carbonyl (C=O) groups is 3. The summed E-state index contributed by atoms with van der Waals surface area (Å²) in [6.45, 7) is 15.6. The van der Waals surface area contributed by atoms with Gasteiger partial charge in [-0.15, -0.1) is 0 Å². The quantitative estimate of drug-likeness (QED) is 0.470. The first-order chi connectivity index (χ1) is 16.1. The Morgan fingerprint density at radius 3 is 2.53 bits per heavy atom. The van der Waals surface area contributed by atoms with Gasteiger partial charge in [0.25, 0.3) is 11.8 Å². The van der Waals surface area contributed by atoms with E-state index in [2.05, 4.69) is 25.8 Å². The molecule has 3 N–H and O–H groups in total. The van der Waals surface area contributed by atoms with Crippen molar-refractivity contribution in [1.82, 2.24) is 20.5 Å². The van der Waals surface area contributed by atoms with Crippen molar-refractivity contribution in [2.75, 3.05) is 11.9 Å². The molecular formula is C25H28N6O3. The summed E-state index contributed by atoms with van der Waals surface area (Å²) < 4.78 is 0. The molecule has 9 heteroatoms. The van der Waals surface area contributed by atoms with Crippen molar-refractivity contribution in [2.24, 2.45) is 5.92 Å². The summed E-state index contributed by atoms with van der Waals surface area (Å²) in [4.78, 5) is 47.4. The van der Waals surface area contributed by atoms with Gasteiger partial charge in [-0.1, -0.05) is 32.0 Å². The minimum atomic E-state index is -1.18. The Morgan fingerprint density at radius 2 is 1.97 bits per heavy atom. The fourth-order valence-corrected chi connectivity index (χ4v) is 4.77. The summed E-state index contributed by atoms with van der Waals surface area (Å²) in [5.74, 6) is -0.0952. The van der Waals surface area contributed by atoms with Crippen molar-refractivity contribution in [3.8, 4) is 0 Å². The molecule has 2 aliphatic heterocycles. The van der Waals surface area contributed by atoms with E-state index in [1.54, 1.807) is 35.4 Å². The Balaban J connectivity index is 1.52. The number of likely N-dealkylation sites (tertiary alicyclic amines) is 1. The van der Waals surface area contributed by atoms with Crippen molar-refractivity contribution in [3.63, 3.8) is 0 Å². The fourth-order valence-electron chi connectivity index (χ4n) is 4.77. The number of amides is 4. The first-order valence-electron chi connectivity index (χ1n) is 11.3. The molecular weight excluding hydrogens is 432 g/mol. The number of aromatic nitrogens is 1. The molecule has 9 nitrogen and oxygen atoms in total. The van der Waals surface area contributed by atoms with E-state index in [1.165, 1.54) is 0 Å². The van der Waals surface area contributed by atoms with Crippen LogP contribution in [-0.4, -0.2) is 46.5 Å². The first-order valence-corrected chi connectivity index (χ1v) is 11.3. The van der Waals surface area contributed by atoms with Gasteiger partial charge in [-0.25, -0.2) is 16.4 Å². The van der Waals surface area contributed by atoms with Gasteiger partial charge in [-0.3, -0.25) is 24.7 Å². The average Bonchev–Trinajstić information content (AvgIpc) is 3.35. The molecule has 0 saturated carbocycles. The normalized spacial score (nSPS) is 24.1. The SMILES string of the molecule is [C-]#[N+][C@@H]1C[C@H](Nc2ncc(C)cc2C)CN1C(=O)c1ccc([C@@]2(C(C)C)NC(=O)NC2=O)cc1. The van der Waals surface area contributed by atoms with Crippen LogP contribution in [0.25, 0.3) is 4.85 Å². The van der Waals surface area contributed by atoms with Gasteiger partial charge in [0.15, 0.2) is 0 Å². The van der Waals surface area contributed by atoms with Crippen LogP contribution in [0.4, 0.5) is 10.6 Å². The van der Waals surface area contributed by atoms with Crippen LogP contribution in [0.2, 0.25) is 0 Å². The predicted octanol–water partition coefficient (Wildman–Crippen LogP) is 2.96. The van der Waals surface area contributed by atoms with Crippen molar-refractivity contribution >= 4 is 23.7 Å². The van der Waals surface area contributed by atoms with Gasteiger partial charge >= 0.3 is 12.2 Å². The zero-order valence-electron chi connectivity index (χ0n) is 19.7. The van der Waals surface area contributed by atoms with Crippen LogP contribution < -0.4 is 16.0 Å². The molecule has 2 aliphatic rings. The Morgan fingerprint density at radius 1 is 1.26 bits per heavy atom. The molecule has 2 fully saturated rings. The number of nitrogens with one attached hydrogen (secondary N) is 3. The summed E-state index contributed by atoms with van der Waals surface area (Å²) in [6.07, 6.45) is 1.72. The summed E-state index contributed by atoms with van der Waals surface area (Å²) >= 11 is 0. The highest BCUT2D eigenvalue weighted by Gasteiger charge is 2.50. The minimum absolute atomic E-state index is 0.0853. The van der Waals surface area contributed by atoms with Gasteiger partial charge in [0.05, 0.1) is 12.5 Å². The monoisotopic (exact) mass is 460 g/mol. The molecule has 176 valence electrons. The van der Waals surface area contributed by atoms with Crippen molar-refractivity contribution in [3.05, 3.63) is 70.2 Å². The van der Waals surface area contributed by atoms with Crippen molar-refractivity contribution in [1.29, 1.82) is 0 Å². The summed E-state index contributed by atoms with van der Waals surface area (Å²) in [5, 5.41) is 8.42. The molecule has 4 amide bonds. The van der Waals surface area contributed by atoms with Crippen LogP contribution in [0, 0.1) is 26.3 Å². The lowest BCUT2D eigenvalue weighted by Crippen LogP contribution is -2.48. The molecule has 0 bridgehead atoms. The third-order valence-corrected chi connectivity index (χ3v) is 6.59.